The molecule has 2 heterocycles. The van der Waals surface area contributed by atoms with Crippen molar-refractivity contribution in [3.63, 3.8) is 0 Å². The van der Waals surface area contributed by atoms with Crippen LogP contribution in [0.1, 0.15) is 17.4 Å². The van der Waals surface area contributed by atoms with Gasteiger partial charge < -0.3 is 0 Å². The number of nitrogens with zero attached hydrogens (tertiary/aromatic N) is 2. The summed E-state index contributed by atoms with van der Waals surface area (Å²) in [7, 11) is 0. The highest BCUT2D eigenvalue weighted by Crippen LogP contribution is 2.30. The Kier molecular flexibility index (Phi) is 3.25. The van der Waals surface area contributed by atoms with Crippen LogP contribution >= 0.6 is 22.9 Å². The van der Waals surface area contributed by atoms with Crippen LogP contribution in [0.15, 0.2) is 30.3 Å². The van der Waals surface area contributed by atoms with Gasteiger partial charge in [-0.05, 0) is 25.0 Å². The number of hydrogen-bond acceptors (Lipinski definition) is 3. The minimum absolute atomic E-state index is 0.531. The number of hydrogen-bond donors (Lipinski definition) is 0. The van der Waals surface area contributed by atoms with Crippen LogP contribution in [0.5, 0.6) is 0 Å². The predicted molar refractivity (Wildman–Crippen MR) is 82.0 cm³/mol. The first kappa shape index (κ1) is 12.6. The SMILES string of the molecule is CCc1ccc(-c2nc(Cl)c3cc(C)sc3n2)cc1. The van der Waals surface area contributed by atoms with E-state index in [1.54, 1.807) is 11.3 Å². The van der Waals surface area contributed by atoms with Gasteiger partial charge in [0.2, 0.25) is 0 Å². The fourth-order valence-corrected chi connectivity index (χ4v) is 3.19. The van der Waals surface area contributed by atoms with Crippen LogP contribution in [-0.2, 0) is 6.42 Å². The van der Waals surface area contributed by atoms with Crippen molar-refractivity contribution in [1.29, 1.82) is 0 Å². The van der Waals surface area contributed by atoms with E-state index >= 15 is 0 Å². The number of thiophene rings is 1. The lowest BCUT2D eigenvalue weighted by molar-refractivity contribution is 1.14. The van der Waals surface area contributed by atoms with Crippen LogP contribution in [0.25, 0.3) is 21.6 Å². The lowest BCUT2D eigenvalue weighted by Gasteiger charge is -2.03. The summed E-state index contributed by atoms with van der Waals surface area (Å²) in [5.41, 5.74) is 2.31. The second-order valence-electron chi connectivity index (χ2n) is 4.46. The quantitative estimate of drug-likeness (QED) is 0.628. The Morgan fingerprint density at radius 3 is 2.58 bits per heavy atom. The van der Waals surface area contributed by atoms with Crippen LogP contribution in [0.3, 0.4) is 0 Å². The highest BCUT2D eigenvalue weighted by molar-refractivity contribution is 7.18. The van der Waals surface area contributed by atoms with Gasteiger partial charge in [0, 0.05) is 15.8 Å². The molecule has 0 N–H and O–H groups in total. The van der Waals surface area contributed by atoms with Gasteiger partial charge in [0.15, 0.2) is 5.82 Å². The molecule has 0 saturated carbocycles. The zero-order valence-electron chi connectivity index (χ0n) is 10.8. The molecule has 96 valence electrons. The summed E-state index contributed by atoms with van der Waals surface area (Å²) in [6.45, 7) is 4.20. The molecular formula is C15H13ClN2S. The zero-order chi connectivity index (χ0) is 13.4. The average Bonchev–Trinajstić information content (AvgIpc) is 2.80. The first-order valence-electron chi connectivity index (χ1n) is 6.20. The molecule has 0 aliphatic rings. The fraction of sp³-hybridized carbons (Fsp3) is 0.200. The van der Waals surface area contributed by atoms with Crippen molar-refractivity contribution in [3.8, 4) is 11.4 Å². The Hall–Kier alpha value is -1.45. The van der Waals surface area contributed by atoms with Crippen LogP contribution in [0.4, 0.5) is 0 Å². The van der Waals surface area contributed by atoms with Crippen molar-refractivity contribution in [2.75, 3.05) is 0 Å². The molecule has 0 atom stereocenters. The lowest BCUT2D eigenvalue weighted by Crippen LogP contribution is -1.90. The third kappa shape index (κ3) is 2.36. The van der Waals surface area contributed by atoms with E-state index in [-0.39, 0.29) is 0 Å². The van der Waals surface area contributed by atoms with Crippen molar-refractivity contribution < 1.29 is 0 Å². The van der Waals surface area contributed by atoms with E-state index in [0.29, 0.717) is 11.0 Å². The largest absolute Gasteiger partial charge is 0.217 e. The van der Waals surface area contributed by atoms with Crippen molar-refractivity contribution in [2.24, 2.45) is 0 Å². The second kappa shape index (κ2) is 4.91. The Labute approximate surface area is 121 Å². The second-order valence-corrected chi connectivity index (χ2v) is 6.06. The molecule has 0 unspecified atom stereocenters. The van der Waals surface area contributed by atoms with Crippen molar-refractivity contribution in [1.82, 2.24) is 9.97 Å². The Morgan fingerprint density at radius 1 is 1.16 bits per heavy atom. The minimum Gasteiger partial charge on any atom is -0.217 e. The highest BCUT2D eigenvalue weighted by Gasteiger charge is 2.10. The average molecular weight is 289 g/mol. The number of benzene rings is 1. The fourth-order valence-electron chi connectivity index (χ4n) is 2.03. The van der Waals surface area contributed by atoms with E-state index in [4.69, 9.17) is 11.6 Å². The molecule has 0 aliphatic carbocycles. The molecule has 2 aromatic heterocycles. The van der Waals surface area contributed by atoms with Gasteiger partial charge in [0.05, 0.1) is 0 Å². The molecule has 0 radical (unpaired) electrons. The summed E-state index contributed by atoms with van der Waals surface area (Å²) in [6.07, 6.45) is 1.03. The maximum absolute atomic E-state index is 6.24. The topological polar surface area (TPSA) is 25.8 Å². The molecule has 1 aromatic carbocycles. The van der Waals surface area contributed by atoms with Crippen LogP contribution in [-0.4, -0.2) is 9.97 Å². The minimum atomic E-state index is 0.531. The van der Waals surface area contributed by atoms with Gasteiger partial charge in [0.1, 0.15) is 9.98 Å². The van der Waals surface area contributed by atoms with Gasteiger partial charge in [-0.1, -0.05) is 42.8 Å². The molecule has 3 aromatic rings. The van der Waals surface area contributed by atoms with Crippen LogP contribution in [0.2, 0.25) is 5.15 Å². The number of fused-ring (bicyclic) bond motifs is 1. The van der Waals surface area contributed by atoms with Crippen LogP contribution in [0, 0.1) is 6.92 Å². The molecule has 3 rings (SSSR count). The van der Waals surface area contributed by atoms with Gasteiger partial charge in [-0.3, -0.25) is 0 Å². The van der Waals surface area contributed by atoms with Gasteiger partial charge in [-0.25, -0.2) is 9.97 Å². The van der Waals surface area contributed by atoms with E-state index < -0.39 is 0 Å². The summed E-state index contributed by atoms with van der Waals surface area (Å²) in [5, 5.41) is 1.47. The van der Waals surface area contributed by atoms with Crippen LogP contribution < -0.4 is 0 Å². The highest BCUT2D eigenvalue weighted by atomic mass is 35.5. The van der Waals surface area contributed by atoms with E-state index in [9.17, 15) is 0 Å². The van der Waals surface area contributed by atoms with E-state index in [0.717, 1.165) is 22.2 Å². The first-order chi connectivity index (χ1) is 9.17. The maximum Gasteiger partial charge on any atom is 0.162 e. The smallest absolute Gasteiger partial charge is 0.162 e. The van der Waals surface area contributed by atoms with E-state index in [2.05, 4.69) is 48.1 Å². The summed E-state index contributed by atoms with van der Waals surface area (Å²) < 4.78 is 0. The Balaban J connectivity index is 2.13. The van der Waals surface area contributed by atoms with Gasteiger partial charge in [0.25, 0.3) is 0 Å². The molecular weight excluding hydrogens is 276 g/mol. The lowest BCUT2D eigenvalue weighted by atomic mass is 10.1. The van der Waals surface area contributed by atoms with Crippen molar-refractivity contribution >= 4 is 33.2 Å². The molecule has 2 nitrogen and oxygen atoms in total. The molecule has 0 bridgehead atoms. The van der Waals surface area contributed by atoms with Gasteiger partial charge in [-0.2, -0.15) is 0 Å². The Morgan fingerprint density at radius 2 is 1.89 bits per heavy atom. The van der Waals surface area contributed by atoms with Crippen molar-refractivity contribution in [2.45, 2.75) is 20.3 Å². The third-order valence-corrected chi connectivity index (χ3v) is 4.32. The van der Waals surface area contributed by atoms with E-state index in [1.165, 1.54) is 10.4 Å². The first-order valence-corrected chi connectivity index (χ1v) is 7.40. The molecule has 4 heteroatoms. The predicted octanol–water partition coefficient (Wildman–Crippen LogP) is 4.88. The number of halogens is 1. The summed E-state index contributed by atoms with van der Waals surface area (Å²) in [4.78, 5) is 11.2. The molecule has 0 spiro atoms. The standard InChI is InChI=1S/C15H13ClN2S/c1-3-10-4-6-11(7-5-10)14-17-13(16)12-8-9(2)19-15(12)18-14/h4-8H,3H2,1-2H3. The summed E-state index contributed by atoms with van der Waals surface area (Å²) in [6, 6.07) is 10.4. The summed E-state index contributed by atoms with van der Waals surface area (Å²) in [5.74, 6) is 0.696. The summed E-state index contributed by atoms with van der Waals surface area (Å²) >= 11 is 7.89. The molecule has 0 fully saturated rings. The van der Waals surface area contributed by atoms with E-state index in [1.807, 2.05) is 6.07 Å². The third-order valence-electron chi connectivity index (χ3n) is 3.09. The Bertz CT molecular complexity index is 732. The molecule has 0 amide bonds. The maximum atomic E-state index is 6.24. The van der Waals surface area contributed by atoms with Crippen molar-refractivity contribution in [3.05, 3.63) is 45.9 Å². The molecule has 0 saturated heterocycles. The van der Waals surface area contributed by atoms with Gasteiger partial charge >= 0.3 is 0 Å². The monoisotopic (exact) mass is 288 g/mol. The number of aromatic nitrogens is 2. The molecule has 0 aliphatic heterocycles. The normalized spacial score (nSPS) is 11.1. The number of aryl methyl sites for hydroxylation is 2. The van der Waals surface area contributed by atoms with Gasteiger partial charge in [-0.15, -0.1) is 11.3 Å². The molecule has 19 heavy (non-hydrogen) atoms. The number of rotatable bonds is 2. The zero-order valence-corrected chi connectivity index (χ0v) is 12.3.